The van der Waals surface area contributed by atoms with E-state index >= 15 is 0 Å². The van der Waals surface area contributed by atoms with E-state index < -0.39 is 5.97 Å². The molecule has 6 heteroatoms. The van der Waals surface area contributed by atoms with Gasteiger partial charge in [0.2, 0.25) is 11.5 Å². The minimum absolute atomic E-state index is 0.0657. The molecule has 0 amide bonds. The van der Waals surface area contributed by atoms with E-state index in [2.05, 4.69) is 0 Å². The molecule has 0 fully saturated rings. The van der Waals surface area contributed by atoms with Gasteiger partial charge >= 0.3 is 5.97 Å². The molecule has 2 aromatic rings. The highest BCUT2D eigenvalue weighted by atomic mass is 16.6. The molecule has 0 heterocycles. The van der Waals surface area contributed by atoms with Crippen LogP contribution in [0.2, 0.25) is 0 Å². The second kappa shape index (κ2) is 8.01. The van der Waals surface area contributed by atoms with Crippen LogP contribution in [-0.4, -0.2) is 31.1 Å². The third kappa shape index (κ3) is 4.38. The second-order valence-corrected chi connectivity index (χ2v) is 5.09. The molecule has 0 saturated heterocycles. The molecule has 2 aromatic carbocycles. The highest BCUT2D eigenvalue weighted by molar-refractivity contribution is 5.94. The topological polar surface area (TPSA) is 82.1 Å². The summed E-state index contributed by atoms with van der Waals surface area (Å²) in [4.78, 5) is 22.9. The lowest BCUT2D eigenvalue weighted by Gasteiger charge is -2.14. The van der Waals surface area contributed by atoms with Gasteiger partial charge in [0.05, 0.1) is 14.2 Å². The number of Topliss-reactive ketones (excluding diaryl/α,β-unsaturated/α-hetero) is 1. The van der Waals surface area contributed by atoms with Gasteiger partial charge in [-0.25, -0.2) is 4.79 Å². The van der Waals surface area contributed by atoms with Crippen LogP contribution in [0.1, 0.15) is 22.8 Å². The molecule has 0 saturated carbocycles. The Labute approximate surface area is 145 Å². The first-order valence-corrected chi connectivity index (χ1v) is 7.41. The Hall–Kier alpha value is -3.28. The van der Waals surface area contributed by atoms with Crippen molar-refractivity contribution in [1.82, 2.24) is 0 Å². The third-order valence-electron chi connectivity index (χ3n) is 3.42. The zero-order valence-corrected chi connectivity index (χ0v) is 14.1. The minimum atomic E-state index is -1.25. The molecule has 6 nitrogen and oxygen atoms in total. The summed E-state index contributed by atoms with van der Waals surface area (Å²) in [6, 6.07) is 11.5. The lowest BCUT2D eigenvalue weighted by atomic mass is 10.1. The summed E-state index contributed by atoms with van der Waals surface area (Å²) in [6.07, 6.45) is 1.36. The van der Waals surface area contributed by atoms with Crippen LogP contribution in [0.3, 0.4) is 0 Å². The van der Waals surface area contributed by atoms with Gasteiger partial charge in [-0.3, -0.25) is 4.79 Å². The van der Waals surface area contributed by atoms with Gasteiger partial charge in [0, 0.05) is 5.56 Å². The fraction of sp³-hybridized carbons (Fsp3) is 0.158. The van der Waals surface area contributed by atoms with E-state index in [1.165, 1.54) is 27.2 Å². The molecule has 0 aliphatic carbocycles. The molecular formula is C19H18O6. The van der Waals surface area contributed by atoms with Gasteiger partial charge in [0.15, 0.2) is 17.3 Å². The van der Waals surface area contributed by atoms with Crippen molar-refractivity contribution in [3.63, 3.8) is 0 Å². The number of hydrogen-bond donors (Lipinski definition) is 1. The van der Waals surface area contributed by atoms with Gasteiger partial charge in [0.25, 0.3) is 0 Å². The highest BCUT2D eigenvalue weighted by Gasteiger charge is 2.18. The largest absolute Gasteiger partial charge is 0.493 e. The zero-order chi connectivity index (χ0) is 18.4. The third-order valence-corrected chi connectivity index (χ3v) is 3.42. The monoisotopic (exact) mass is 342 g/mol. The van der Waals surface area contributed by atoms with E-state index in [1.54, 1.807) is 42.5 Å². The first-order chi connectivity index (χ1) is 12.0. The van der Waals surface area contributed by atoms with Gasteiger partial charge in [0.1, 0.15) is 0 Å². The number of aliphatic carboxylic acids is 1. The summed E-state index contributed by atoms with van der Waals surface area (Å²) in [5.74, 6) is -0.760. The quantitative estimate of drug-likeness (QED) is 0.472. The molecule has 0 atom stereocenters. The number of carbonyl (C=O) groups is 2. The fourth-order valence-electron chi connectivity index (χ4n) is 2.13. The lowest BCUT2D eigenvalue weighted by molar-refractivity contribution is -0.134. The predicted octanol–water partition coefficient (Wildman–Crippen LogP) is 3.41. The summed E-state index contributed by atoms with van der Waals surface area (Å²) >= 11 is 0. The Morgan fingerprint density at radius 2 is 1.52 bits per heavy atom. The average Bonchev–Trinajstić information content (AvgIpc) is 2.61. The van der Waals surface area contributed by atoms with Gasteiger partial charge < -0.3 is 19.3 Å². The van der Waals surface area contributed by atoms with Crippen molar-refractivity contribution in [1.29, 1.82) is 0 Å². The van der Waals surface area contributed by atoms with Gasteiger partial charge in [-0.05, 0) is 30.7 Å². The first-order valence-electron chi connectivity index (χ1n) is 7.41. The SMILES string of the molecule is COc1cccc(OC)c1OC(=Cc1ccc(C(C)=O)cc1)C(=O)O. The van der Waals surface area contributed by atoms with Crippen LogP contribution in [0.25, 0.3) is 6.08 Å². The van der Waals surface area contributed by atoms with E-state index in [0.29, 0.717) is 22.6 Å². The van der Waals surface area contributed by atoms with Crippen LogP contribution in [0.5, 0.6) is 17.2 Å². The van der Waals surface area contributed by atoms with Crippen LogP contribution in [0.4, 0.5) is 0 Å². The highest BCUT2D eigenvalue weighted by Crippen LogP contribution is 2.38. The molecular weight excluding hydrogens is 324 g/mol. The van der Waals surface area contributed by atoms with Gasteiger partial charge in [-0.15, -0.1) is 0 Å². The zero-order valence-electron chi connectivity index (χ0n) is 14.1. The van der Waals surface area contributed by atoms with Crippen molar-refractivity contribution >= 4 is 17.8 Å². The molecule has 1 N–H and O–H groups in total. The second-order valence-electron chi connectivity index (χ2n) is 5.09. The van der Waals surface area contributed by atoms with Crippen LogP contribution < -0.4 is 14.2 Å². The number of methoxy groups -OCH3 is 2. The number of carboxylic acids is 1. The molecule has 0 aromatic heterocycles. The fourth-order valence-corrected chi connectivity index (χ4v) is 2.13. The number of ether oxygens (including phenoxy) is 3. The van der Waals surface area contributed by atoms with Crippen LogP contribution in [-0.2, 0) is 4.79 Å². The maximum absolute atomic E-state index is 11.6. The summed E-state index contributed by atoms with van der Waals surface area (Å²) in [5.41, 5.74) is 1.12. The normalized spacial score (nSPS) is 10.9. The predicted molar refractivity (Wildman–Crippen MR) is 92.2 cm³/mol. The standard InChI is InChI=1S/C19H18O6/c1-12(20)14-9-7-13(8-10-14)11-17(19(21)22)25-18-15(23-2)5-4-6-16(18)24-3/h4-11H,1-3H3,(H,21,22). The smallest absolute Gasteiger partial charge is 0.371 e. The number of hydrogen-bond acceptors (Lipinski definition) is 5. The van der Waals surface area contributed by atoms with Crippen LogP contribution in [0, 0.1) is 0 Å². The average molecular weight is 342 g/mol. The number of ketones is 1. The van der Waals surface area contributed by atoms with Crippen molar-refractivity contribution in [2.24, 2.45) is 0 Å². The maximum atomic E-state index is 11.6. The molecule has 0 aliphatic heterocycles. The minimum Gasteiger partial charge on any atom is -0.493 e. The number of carbonyl (C=O) groups excluding carboxylic acids is 1. The van der Waals surface area contributed by atoms with E-state index in [-0.39, 0.29) is 17.3 Å². The van der Waals surface area contributed by atoms with Crippen LogP contribution >= 0.6 is 0 Å². The summed E-state index contributed by atoms with van der Waals surface area (Å²) in [7, 11) is 2.90. The van der Waals surface area contributed by atoms with Crippen molar-refractivity contribution < 1.29 is 28.9 Å². The van der Waals surface area contributed by atoms with E-state index in [1.807, 2.05) is 0 Å². The molecule has 2 rings (SSSR count). The van der Waals surface area contributed by atoms with E-state index in [9.17, 15) is 14.7 Å². The number of carboxylic acid groups (broad SMARTS) is 1. The van der Waals surface area contributed by atoms with Crippen molar-refractivity contribution in [2.45, 2.75) is 6.92 Å². The van der Waals surface area contributed by atoms with E-state index in [0.717, 1.165) is 0 Å². The molecule has 0 radical (unpaired) electrons. The maximum Gasteiger partial charge on any atom is 0.371 e. The molecule has 0 unspecified atom stereocenters. The van der Waals surface area contributed by atoms with Crippen LogP contribution in [0.15, 0.2) is 48.2 Å². The van der Waals surface area contributed by atoms with Crippen molar-refractivity contribution in [2.75, 3.05) is 14.2 Å². The molecule has 0 spiro atoms. The Bertz CT molecular complexity index is 783. The Kier molecular flexibility index (Phi) is 5.79. The molecule has 25 heavy (non-hydrogen) atoms. The summed E-state index contributed by atoms with van der Waals surface area (Å²) < 4.78 is 15.9. The van der Waals surface area contributed by atoms with Gasteiger partial charge in [-0.1, -0.05) is 30.3 Å². The first kappa shape index (κ1) is 18.1. The summed E-state index contributed by atoms with van der Waals surface area (Å²) in [6.45, 7) is 1.46. The molecule has 130 valence electrons. The number of benzene rings is 2. The summed E-state index contributed by atoms with van der Waals surface area (Å²) in [5, 5.41) is 9.44. The molecule has 0 bridgehead atoms. The lowest BCUT2D eigenvalue weighted by Crippen LogP contribution is -2.09. The Morgan fingerprint density at radius 3 is 1.96 bits per heavy atom. The number of para-hydroxylation sites is 1. The van der Waals surface area contributed by atoms with Crippen molar-refractivity contribution in [3.8, 4) is 17.2 Å². The number of rotatable bonds is 7. The molecule has 0 aliphatic rings. The van der Waals surface area contributed by atoms with E-state index in [4.69, 9.17) is 14.2 Å². The Balaban J connectivity index is 2.39. The van der Waals surface area contributed by atoms with Crippen molar-refractivity contribution in [3.05, 3.63) is 59.4 Å². The Morgan fingerprint density at radius 1 is 0.960 bits per heavy atom. The van der Waals surface area contributed by atoms with Gasteiger partial charge in [-0.2, -0.15) is 0 Å².